The Morgan fingerprint density at radius 2 is 2.04 bits per heavy atom. The van der Waals surface area contributed by atoms with Crippen molar-refractivity contribution in [2.75, 3.05) is 5.75 Å². The fourth-order valence-electron chi connectivity index (χ4n) is 2.12. The fourth-order valence-corrected chi connectivity index (χ4v) is 3.87. The maximum Gasteiger partial charge on any atom is 0.346 e. The van der Waals surface area contributed by atoms with Crippen LogP contribution in [0.5, 0.6) is 0 Å². The van der Waals surface area contributed by atoms with Crippen LogP contribution in [0.1, 0.15) is 22.2 Å². The highest BCUT2D eigenvalue weighted by molar-refractivity contribution is 7.99. The Morgan fingerprint density at radius 1 is 1.36 bits per heavy atom. The smallest absolute Gasteiger partial charge is 0.272 e. The third kappa shape index (κ3) is 4.45. The number of thiophene rings is 1. The van der Waals surface area contributed by atoms with E-state index in [0.717, 1.165) is 37.2 Å². The second-order valence-corrected chi connectivity index (χ2v) is 7.85. The molecule has 2 rings (SSSR count). The van der Waals surface area contributed by atoms with Crippen LogP contribution >= 0.6 is 23.1 Å². The molecule has 0 fully saturated rings. The van der Waals surface area contributed by atoms with Gasteiger partial charge in [0, 0.05) is 29.4 Å². The number of hydrazone groups is 1. The molecular weight excluding hydrogens is 362 g/mol. The highest BCUT2D eigenvalue weighted by Crippen LogP contribution is 2.21. The molecule has 0 radical (unpaired) electrons. The molecule has 1 N–H and O–H groups in total. The number of carbonyl (C=O) groups is 1. The Kier molecular flexibility index (Phi) is 5.96. The summed E-state index contributed by atoms with van der Waals surface area (Å²) in [4.78, 5) is 37.8. The molecule has 8 nitrogen and oxygen atoms in total. The summed E-state index contributed by atoms with van der Waals surface area (Å²) in [5.41, 5.74) is 3.16. The number of nitrogens with zero attached hydrogens (tertiary/aromatic N) is 4. The number of carbonyl (C=O) groups excluding carboxylic acids is 1. The summed E-state index contributed by atoms with van der Waals surface area (Å²) in [7, 11) is 2.82. The van der Waals surface area contributed by atoms with Gasteiger partial charge in [-0.05, 0) is 26.8 Å². The lowest BCUT2D eigenvalue weighted by molar-refractivity contribution is -0.118. The van der Waals surface area contributed by atoms with Gasteiger partial charge in [0.2, 0.25) is 5.91 Å². The molecule has 0 aromatic carbocycles. The molecule has 0 bridgehead atoms. The monoisotopic (exact) mass is 381 g/mol. The molecule has 134 valence electrons. The minimum Gasteiger partial charge on any atom is -0.272 e. The second-order valence-electron chi connectivity index (χ2n) is 5.42. The molecule has 10 heteroatoms. The number of aromatic nitrogens is 3. The van der Waals surface area contributed by atoms with Crippen molar-refractivity contribution in [1.82, 2.24) is 19.8 Å². The Balaban J connectivity index is 2.02. The van der Waals surface area contributed by atoms with Crippen LogP contribution in [-0.2, 0) is 18.9 Å². The number of thioether (sulfide) groups is 1. The molecule has 1 amide bonds. The first-order valence-corrected chi connectivity index (χ1v) is 9.18. The highest BCUT2D eigenvalue weighted by atomic mass is 32.2. The van der Waals surface area contributed by atoms with Crippen molar-refractivity contribution in [3.05, 3.63) is 42.2 Å². The lowest BCUT2D eigenvalue weighted by Gasteiger charge is -2.05. The maximum absolute atomic E-state index is 12.0. The molecular formula is C15H19N5O3S2. The summed E-state index contributed by atoms with van der Waals surface area (Å²) in [6, 6.07) is 2.03. The third-order valence-corrected chi connectivity index (χ3v) is 5.31. The number of hydrogen-bond acceptors (Lipinski definition) is 7. The third-order valence-electron chi connectivity index (χ3n) is 3.41. The summed E-state index contributed by atoms with van der Waals surface area (Å²) in [6.07, 6.45) is 0. The topological polar surface area (TPSA) is 98.3 Å². The Bertz CT molecular complexity index is 955. The lowest BCUT2D eigenvalue weighted by Crippen LogP contribution is -2.39. The van der Waals surface area contributed by atoms with E-state index in [2.05, 4.69) is 15.6 Å². The van der Waals surface area contributed by atoms with Crippen molar-refractivity contribution < 1.29 is 4.79 Å². The second kappa shape index (κ2) is 7.79. The van der Waals surface area contributed by atoms with Crippen molar-refractivity contribution >= 4 is 34.7 Å². The summed E-state index contributed by atoms with van der Waals surface area (Å²) in [5.74, 6) is -0.384. The first kappa shape index (κ1) is 19.1. The Labute approximate surface area is 152 Å². The molecule has 2 heterocycles. The summed E-state index contributed by atoms with van der Waals surface area (Å²) in [6.45, 7) is 5.85. The molecule has 0 atom stereocenters. The molecule has 0 aliphatic heterocycles. The largest absolute Gasteiger partial charge is 0.346 e. The van der Waals surface area contributed by atoms with Crippen molar-refractivity contribution in [2.24, 2.45) is 19.2 Å². The van der Waals surface area contributed by atoms with Gasteiger partial charge in [-0.2, -0.15) is 10.2 Å². The van der Waals surface area contributed by atoms with Gasteiger partial charge in [-0.15, -0.1) is 11.3 Å². The molecule has 0 saturated carbocycles. The predicted octanol–water partition coefficient (Wildman–Crippen LogP) is 0.790. The first-order chi connectivity index (χ1) is 11.7. The Morgan fingerprint density at radius 3 is 2.64 bits per heavy atom. The van der Waals surface area contributed by atoms with Gasteiger partial charge in [0.15, 0.2) is 5.03 Å². The van der Waals surface area contributed by atoms with Gasteiger partial charge in [-0.3, -0.25) is 14.2 Å². The van der Waals surface area contributed by atoms with E-state index in [-0.39, 0.29) is 16.7 Å². The van der Waals surface area contributed by atoms with E-state index in [9.17, 15) is 14.4 Å². The van der Waals surface area contributed by atoms with E-state index in [1.165, 1.54) is 19.0 Å². The minimum absolute atomic E-state index is 0.0289. The van der Waals surface area contributed by atoms with E-state index in [1.807, 2.05) is 26.8 Å². The van der Waals surface area contributed by atoms with Crippen molar-refractivity contribution in [1.29, 1.82) is 0 Å². The number of aryl methyl sites for hydroxylation is 3. The van der Waals surface area contributed by atoms with Gasteiger partial charge in [0.1, 0.15) is 0 Å². The van der Waals surface area contributed by atoms with Gasteiger partial charge < -0.3 is 0 Å². The standard InChI is InChI=1S/C15H19N5O3S2/c1-8-6-11(10(3)25-8)9(2)16-17-12(21)7-24-13-14(22)19(4)15(23)20(5)18-13/h6H,7H2,1-5H3,(H,17,21)/b16-9-. The van der Waals surface area contributed by atoms with Gasteiger partial charge >= 0.3 is 5.69 Å². The molecule has 0 unspecified atom stereocenters. The number of hydrogen-bond donors (Lipinski definition) is 1. The molecule has 0 aliphatic carbocycles. The van der Waals surface area contributed by atoms with E-state index >= 15 is 0 Å². The summed E-state index contributed by atoms with van der Waals surface area (Å²) in [5, 5.41) is 8.07. The molecule has 2 aromatic heterocycles. The van der Waals surface area contributed by atoms with Crippen molar-refractivity contribution in [2.45, 2.75) is 25.8 Å². The molecule has 0 aliphatic rings. The van der Waals surface area contributed by atoms with Crippen LogP contribution in [0.2, 0.25) is 0 Å². The fraction of sp³-hybridized carbons (Fsp3) is 0.400. The summed E-state index contributed by atoms with van der Waals surface area (Å²) < 4.78 is 2.02. The van der Waals surface area contributed by atoms with E-state index in [4.69, 9.17) is 0 Å². The van der Waals surface area contributed by atoms with E-state index in [0.29, 0.717) is 0 Å². The lowest BCUT2D eigenvalue weighted by atomic mass is 10.2. The molecule has 2 aromatic rings. The summed E-state index contributed by atoms with van der Waals surface area (Å²) >= 11 is 2.64. The van der Waals surface area contributed by atoms with Crippen LogP contribution in [0.4, 0.5) is 0 Å². The van der Waals surface area contributed by atoms with Crippen LogP contribution in [0.15, 0.2) is 25.8 Å². The number of amides is 1. The zero-order valence-corrected chi connectivity index (χ0v) is 16.2. The van der Waals surface area contributed by atoms with Crippen molar-refractivity contribution in [3.63, 3.8) is 0 Å². The number of nitrogens with one attached hydrogen (secondary N) is 1. The van der Waals surface area contributed by atoms with Crippen LogP contribution < -0.4 is 16.7 Å². The predicted molar refractivity (Wildman–Crippen MR) is 99.6 cm³/mol. The minimum atomic E-state index is -0.523. The zero-order valence-electron chi connectivity index (χ0n) is 14.6. The highest BCUT2D eigenvalue weighted by Gasteiger charge is 2.12. The average Bonchev–Trinajstić information content (AvgIpc) is 2.91. The van der Waals surface area contributed by atoms with Crippen LogP contribution in [-0.4, -0.2) is 31.7 Å². The first-order valence-electron chi connectivity index (χ1n) is 7.38. The van der Waals surface area contributed by atoms with E-state index < -0.39 is 11.2 Å². The van der Waals surface area contributed by atoms with Gasteiger partial charge in [0.25, 0.3) is 5.56 Å². The van der Waals surface area contributed by atoms with Gasteiger partial charge in [-0.1, -0.05) is 11.8 Å². The van der Waals surface area contributed by atoms with Crippen LogP contribution in [0, 0.1) is 13.8 Å². The van der Waals surface area contributed by atoms with Gasteiger partial charge in [0.05, 0.1) is 11.5 Å². The van der Waals surface area contributed by atoms with Crippen molar-refractivity contribution in [3.8, 4) is 0 Å². The number of rotatable bonds is 5. The molecule has 0 saturated heterocycles. The average molecular weight is 381 g/mol. The van der Waals surface area contributed by atoms with Crippen LogP contribution in [0.3, 0.4) is 0 Å². The Hall–Kier alpha value is -2.20. The normalized spacial score (nSPS) is 11.6. The van der Waals surface area contributed by atoms with E-state index in [1.54, 1.807) is 11.3 Å². The van der Waals surface area contributed by atoms with Crippen LogP contribution in [0.25, 0.3) is 0 Å². The van der Waals surface area contributed by atoms with Gasteiger partial charge in [-0.25, -0.2) is 14.9 Å². The maximum atomic E-state index is 12.0. The zero-order chi connectivity index (χ0) is 18.7. The quantitative estimate of drug-likeness (QED) is 0.469. The SMILES string of the molecule is C/C(=N/NC(=O)CSc1nn(C)c(=O)n(C)c1=O)c1cc(C)sc1C. The molecule has 25 heavy (non-hydrogen) atoms. The molecule has 0 spiro atoms.